The van der Waals surface area contributed by atoms with Crippen molar-refractivity contribution in [1.29, 1.82) is 0 Å². The second-order valence-electron chi connectivity index (χ2n) is 2.90. The minimum absolute atomic E-state index is 0.249. The summed E-state index contributed by atoms with van der Waals surface area (Å²) in [6, 6.07) is 0. The summed E-state index contributed by atoms with van der Waals surface area (Å²) in [5.41, 5.74) is 5.40. The first-order valence-corrected chi connectivity index (χ1v) is 5.41. The highest BCUT2D eigenvalue weighted by atomic mass is 32.2. The molecule has 14 heavy (non-hydrogen) atoms. The first kappa shape index (κ1) is 13.2. The number of nitrogens with two attached hydrogens (primary N) is 1. The predicted octanol–water partition coefficient (Wildman–Crippen LogP) is 0.197. The number of amides is 2. The van der Waals surface area contributed by atoms with Crippen molar-refractivity contribution in [2.24, 2.45) is 11.7 Å². The minimum Gasteiger partial charge on any atom is -0.453 e. The number of methoxy groups -OCH3 is 1. The SMILES string of the molecule is COC(=O)NC(=O)CSCC(C)CN. The van der Waals surface area contributed by atoms with Crippen LogP contribution >= 0.6 is 11.8 Å². The zero-order valence-corrected chi connectivity index (χ0v) is 9.23. The number of ether oxygens (including phenoxy) is 1. The van der Waals surface area contributed by atoms with Crippen molar-refractivity contribution in [3.63, 3.8) is 0 Å². The van der Waals surface area contributed by atoms with Gasteiger partial charge in [0.05, 0.1) is 12.9 Å². The molecule has 0 aromatic heterocycles. The molecule has 0 aromatic carbocycles. The van der Waals surface area contributed by atoms with Crippen LogP contribution in [0.15, 0.2) is 0 Å². The standard InChI is InChI=1S/C8H16N2O3S/c1-6(3-9)4-14-5-7(11)10-8(12)13-2/h6H,3-5,9H2,1-2H3,(H,10,11,12). The van der Waals surface area contributed by atoms with Gasteiger partial charge in [0.2, 0.25) is 5.91 Å². The van der Waals surface area contributed by atoms with Gasteiger partial charge in [-0.05, 0) is 18.2 Å². The third kappa shape index (κ3) is 6.73. The van der Waals surface area contributed by atoms with Crippen LogP contribution in [0.3, 0.4) is 0 Å². The minimum atomic E-state index is -0.720. The van der Waals surface area contributed by atoms with Crippen molar-refractivity contribution >= 4 is 23.8 Å². The first-order valence-electron chi connectivity index (χ1n) is 4.25. The molecule has 2 amide bonds. The number of thioether (sulfide) groups is 1. The van der Waals surface area contributed by atoms with Crippen LogP contribution in [0.5, 0.6) is 0 Å². The van der Waals surface area contributed by atoms with E-state index in [0.717, 1.165) is 5.75 Å². The summed E-state index contributed by atoms with van der Waals surface area (Å²) in [7, 11) is 1.21. The Balaban J connectivity index is 3.49. The maximum Gasteiger partial charge on any atom is 0.413 e. The molecule has 0 saturated carbocycles. The highest BCUT2D eigenvalue weighted by Gasteiger charge is 2.07. The summed E-state index contributed by atoms with van der Waals surface area (Å²) < 4.78 is 4.27. The fourth-order valence-electron chi connectivity index (χ4n) is 0.622. The Kier molecular flexibility index (Phi) is 7.23. The molecule has 0 radical (unpaired) electrons. The Hall–Kier alpha value is -0.750. The van der Waals surface area contributed by atoms with E-state index >= 15 is 0 Å². The van der Waals surface area contributed by atoms with Crippen LogP contribution in [0, 0.1) is 5.92 Å². The molecule has 3 N–H and O–H groups in total. The average Bonchev–Trinajstić information content (AvgIpc) is 2.17. The van der Waals surface area contributed by atoms with Crippen molar-refractivity contribution in [3.05, 3.63) is 0 Å². The molecule has 1 unspecified atom stereocenters. The van der Waals surface area contributed by atoms with E-state index in [1.807, 2.05) is 6.92 Å². The van der Waals surface area contributed by atoms with Gasteiger partial charge in [0.25, 0.3) is 0 Å². The first-order chi connectivity index (χ1) is 6.60. The number of nitrogens with one attached hydrogen (secondary N) is 1. The number of hydrogen-bond acceptors (Lipinski definition) is 5. The largest absolute Gasteiger partial charge is 0.453 e. The molecule has 0 aliphatic rings. The zero-order chi connectivity index (χ0) is 11.0. The summed E-state index contributed by atoms with van der Waals surface area (Å²) in [4.78, 5) is 21.6. The van der Waals surface area contributed by atoms with Gasteiger partial charge >= 0.3 is 6.09 Å². The lowest BCUT2D eigenvalue weighted by atomic mass is 10.2. The highest BCUT2D eigenvalue weighted by molar-refractivity contribution is 7.99. The summed E-state index contributed by atoms with van der Waals surface area (Å²) in [5, 5.41) is 2.07. The Morgan fingerprint density at radius 3 is 2.71 bits per heavy atom. The van der Waals surface area contributed by atoms with Crippen molar-refractivity contribution in [1.82, 2.24) is 5.32 Å². The topological polar surface area (TPSA) is 81.4 Å². The highest BCUT2D eigenvalue weighted by Crippen LogP contribution is 2.06. The Morgan fingerprint density at radius 1 is 1.57 bits per heavy atom. The van der Waals surface area contributed by atoms with Gasteiger partial charge in [0.15, 0.2) is 0 Å². The van der Waals surface area contributed by atoms with Crippen LogP contribution in [-0.2, 0) is 9.53 Å². The molecular weight excluding hydrogens is 204 g/mol. The van der Waals surface area contributed by atoms with Gasteiger partial charge in [-0.3, -0.25) is 10.1 Å². The van der Waals surface area contributed by atoms with Crippen molar-refractivity contribution in [2.75, 3.05) is 25.2 Å². The number of rotatable bonds is 5. The Morgan fingerprint density at radius 2 is 2.21 bits per heavy atom. The Labute approximate surface area is 87.7 Å². The van der Waals surface area contributed by atoms with Gasteiger partial charge in [-0.2, -0.15) is 11.8 Å². The zero-order valence-electron chi connectivity index (χ0n) is 8.41. The Bertz CT molecular complexity index is 199. The molecule has 1 atom stereocenters. The van der Waals surface area contributed by atoms with E-state index in [1.165, 1.54) is 18.9 Å². The van der Waals surface area contributed by atoms with E-state index in [1.54, 1.807) is 0 Å². The monoisotopic (exact) mass is 220 g/mol. The molecule has 0 rings (SSSR count). The van der Waals surface area contributed by atoms with Crippen LogP contribution in [0.4, 0.5) is 4.79 Å². The van der Waals surface area contributed by atoms with E-state index in [0.29, 0.717) is 12.5 Å². The van der Waals surface area contributed by atoms with Gasteiger partial charge in [-0.1, -0.05) is 6.92 Å². The van der Waals surface area contributed by atoms with Crippen molar-refractivity contribution < 1.29 is 14.3 Å². The number of carbonyl (C=O) groups is 2. The molecule has 0 bridgehead atoms. The maximum absolute atomic E-state index is 11.0. The lowest BCUT2D eigenvalue weighted by Crippen LogP contribution is -2.31. The van der Waals surface area contributed by atoms with E-state index in [9.17, 15) is 9.59 Å². The molecule has 0 aliphatic carbocycles. The molecule has 6 heteroatoms. The molecular formula is C8H16N2O3S. The molecule has 0 spiro atoms. The van der Waals surface area contributed by atoms with Gasteiger partial charge in [-0.15, -0.1) is 0 Å². The van der Waals surface area contributed by atoms with Crippen LogP contribution in [0.2, 0.25) is 0 Å². The third-order valence-electron chi connectivity index (χ3n) is 1.46. The quantitative estimate of drug-likeness (QED) is 0.691. The third-order valence-corrected chi connectivity index (χ3v) is 2.74. The van der Waals surface area contributed by atoms with E-state index < -0.39 is 6.09 Å². The number of carbonyl (C=O) groups excluding carboxylic acids is 2. The second-order valence-corrected chi connectivity index (χ2v) is 3.93. The number of imide groups is 1. The summed E-state index contributed by atoms with van der Waals surface area (Å²) in [6.45, 7) is 2.61. The number of alkyl carbamates (subject to hydrolysis) is 1. The second kappa shape index (κ2) is 7.64. The molecule has 0 heterocycles. The molecule has 82 valence electrons. The predicted molar refractivity (Wildman–Crippen MR) is 56.1 cm³/mol. The number of hydrogen-bond donors (Lipinski definition) is 2. The van der Waals surface area contributed by atoms with Gasteiger partial charge in [0, 0.05) is 0 Å². The normalized spacial score (nSPS) is 11.9. The average molecular weight is 220 g/mol. The van der Waals surface area contributed by atoms with Crippen LogP contribution in [-0.4, -0.2) is 37.2 Å². The molecule has 0 fully saturated rings. The molecule has 5 nitrogen and oxygen atoms in total. The molecule has 0 saturated heterocycles. The van der Waals surface area contributed by atoms with Gasteiger partial charge in [0.1, 0.15) is 0 Å². The van der Waals surface area contributed by atoms with Crippen LogP contribution in [0.25, 0.3) is 0 Å². The summed E-state index contributed by atoms with van der Waals surface area (Å²) in [6.07, 6.45) is -0.720. The lowest BCUT2D eigenvalue weighted by molar-refractivity contribution is -0.117. The van der Waals surface area contributed by atoms with Crippen molar-refractivity contribution in [2.45, 2.75) is 6.92 Å². The van der Waals surface area contributed by atoms with Crippen LogP contribution in [0.1, 0.15) is 6.92 Å². The maximum atomic E-state index is 11.0. The molecule has 0 aromatic rings. The summed E-state index contributed by atoms with van der Waals surface area (Å²) in [5.74, 6) is 1.10. The molecule has 0 aliphatic heterocycles. The van der Waals surface area contributed by atoms with Gasteiger partial charge < -0.3 is 10.5 Å². The van der Waals surface area contributed by atoms with Gasteiger partial charge in [-0.25, -0.2) is 4.79 Å². The van der Waals surface area contributed by atoms with E-state index in [4.69, 9.17) is 5.73 Å². The smallest absolute Gasteiger partial charge is 0.413 e. The fraction of sp³-hybridized carbons (Fsp3) is 0.750. The van der Waals surface area contributed by atoms with Crippen molar-refractivity contribution in [3.8, 4) is 0 Å². The lowest BCUT2D eigenvalue weighted by Gasteiger charge is -2.07. The van der Waals surface area contributed by atoms with E-state index in [2.05, 4.69) is 10.1 Å². The van der Waals surface area contributed by atoms with E-state index in [-0.39, 0.29) is 11.7 Å². The summed E-state index contributed by atoms with van der Waals surface area (Å²) >= 11 is 1.45. The van der Waals surface area contributed by atoms with Crippen LogP contribution < -0.4 is 11.1 Å². The fourth-order valence-corrected chi connectivity index (χ4v) is 1.54.